The Labute approximate surface area is 192 Å². The molecule has 9 heteroatoms. The molecule has 1 rings (SSSR count). The van der Waals surface area contributed by atoms with Crippen molar-refractivity contribution in [1.29, 1.82) is 0 Å². The van der Waals surface area contributed by atoms with E-state index in [-0.39, 0.29) is 18.1 Å². The van der Waals surface area contributed by atoms with Crippen molar-refractivity contribution in [2.24, 2.45) is 5.92 Å². The minimum Gasteiger partial charge on any atom is -0.390 e. The number of thiophene rings is 1. The van der Waals surface area contributed by atoms with E-state index in [0.717, 1.165) is 30.7 Å². The fraction of sp³-hybridized carbons (Fsp3) is 0.773. The van der Waals surface area contributed by atoms with Gasteiger partial charge in [-0.05, 0) is 43.2 Å². The van der Waals surface area contributed by atoms with Crippen LogP contribution in [-0.2, 0) is 21.2 Å². The number of hydrogen-bond acceptors (Lipinski definition) is 6. The van der Waals surface area contributed by atoms with Gasteiger partial charge in [-0.3, -0.25) is 4.79 Å². The van der Waals surface area contributed by atoms with E-state index in [2.05, 4.69) is 24.5 Å². The molecule has 31 heavy (non-hydrogen) atoms. The molecule has 0 aliphatic heterocycles. The Kier molecular flexibility index (Phi) is 13.5. The molecule has 0 aromatic carbocycles. The van der Waals surface area contributed by atoms with Crippen LogP contribution in [0.25, 0.3) is 0 Å². The van der Waals surface area contributed by atoms with Crippen molar-refractivity contribution in [1.82, 2.24) is 14.9 Å². The van der Waals surface area contributed by atoms with Crippen LogP contribution >= 0.6 is 11.3 Å². The van der Waals surface area contributed by atoms with Crippen molar-refractivity contribution in [3.63, 3.8) is 0 Å². The van der Waals surface area contributed by atoms with E-state index in [1.165, 1.54) is 4.31 Å². The average Bonchev–Trinajstić information content (AvgIpc) is 3.22. The van der Waals surface area contributed by atoms with Gasteiger partial charge in [-0.25, -0.2) is 12.7 Å². The van der Waals surface area contributed by atoms with Crippen molar-refractivity contribution in [2.45, 2.75) is 71.9 Å². The Bertz CT molecular complexity index is 702. The van der Waals surface area contributed by atoms with E-state index in [1.807, 2.05) is 31.4 Å². The molecule has 2 atom stereocenters. The molecule has 0 saturated carbocycles. The Morgan fingerprint density at radius 2 is 1.90 bits per heavy atom. The number of hydrogen-bond donors (Lipinski definition) is 3. The smallest absolute Gasteiger partial charge is 0.221 e. The second-order valence-corrected chi connectivity index (χ2v) is 11.5. The summed E-state index contributed by atoms with van der Waals surface area (Å²) in [5.41, 5.74) is 0. The zero-order chi connectivity index (χ0) is 23.3. The standard InChI is InChI=1S/C22H41N3O4S2/c1-5-12-25(13-6-2)31(28,29)15-10-22(27)24-20(16-19-8-7-14-30-19)21(26)17-23-11-9-18(3)4/h7-8,14,18,20-21,23,26H,5-6,9-13,15-17H2,1-4H3,(H,24,27)/t20-,21+/m0/s1. The molecular formula is C22H41N3O4S2. The van der Waals surface area contributed by atoms with Crippen molar-refractivity contribution < 1.29 is 18.3 Å². The van der Waals surface area contributed by atoms with Crippen molar-refractivity contribution >= 4 is 27.3 Å². The molecule has 0 fully saturated rings. The summed E-state index contributed by atoms with van der Waals surface area (Å²) in [4.78, 5) is 13.6. The summed E-state index contributed by atoms with van der Waals surface area (Å²) in [5, 5.41) is 18.8. The van der Waals surface area contributed by atoms with Gasteiger partial charge >= 0.3 is 0 Å². The third-order valence-electron chi connectivity index (χ3n) is 4.99. The molecule has 0 aliphatic rings. The lowest BCUT2D eigenvalue weighted by molar-refractivity contribution is -0.122. The summed E-state index contributed by atoms with van der Waals surface area (Å²) < 4.78 is 26.7. The molecule has 1 aromatic rings. The van der Waals surface area contributed by atoms with Gasteiger partial charge in [0.2, 0.25) is 15.9 Å². The van der Waals surface area contributed by atoms with Crippen molar-refractivity contribution in [3.8, 4) is 0 Å². The third-order valence-corrected chi connectivity index (χ3v) is 7.76. The maximum absolute atomic E-state index is 12.6. The Morgan fingerprint density at radius 3 is 2.45 bits per heavy atom. The highest BCUT2D eigenvalue weighted by Crippen LogP contribution is 2.13. The summed E-state index contributed by atoms with van der Waals surface area (Å²) in [5.74, 6) is 0.0142. The molecule has 1 aromatic heterocycles. The van der Waals surface area contributed by atoms with E-state index < -0.39 is 22.2 Å². The van der Waals surface area contributed by atoms with E-state index in [0.29, 0.717) is 32.0 Å². The summed E-state index contributed by atoms with van der Waals surface area (Å²) >= 11 is 1.58. The number of sulfonamides is 1. The largest absolute Gasteiger partial charge is 0.390 e. The lowest BCUT2D eigenvalue weighted by atomic mass is 10.1. The van der Waals surface area contributed by atoms with Gasteiger partial charge in [0.1, 0.15) is 0 Å². The minimum atomic E-state index is -3.47. The molecule has 0 aliphatic carbocycles. The van der Waals surface area contributed by atoms with Crippen LogP contribution in [0.15, 0.2) is 17.5 Å². The minimum absolute atomic E-state index is 0.110. The lowest BCUT2D eigenvalue weighted by Crippen LogP contribution is -2.49. The first-order chi connectivity index (χ1) is 14.7. The number of nitrogens with zero attached hydrogens (tertiary/aromatic N) is 1. The van der Waals surface area contributed by atoms with Gasteiger partial charge in [0.05, 0.1) is 17.9 Å². The topological polar surface area (TPSA) is 98.7 Å². The predicted molar refractivity (Wildman–Crippen MR) is 129 cm³/mol. The fourth-order valence-corrected chi connectivity index (χ4v) is 5.62. The quantitative estimate of drug-likeness (QED) is 0.301. The van der Waals surface area contributed by atoms with Crippen LogP contribution < -0.4 is 10.6 Å². The van der Waals surface area contributed by atoms with Gasteiger partial charge in [-0.2, -0.15) is 0 Å². The molecular weight excluding hydrogens is 434 g/mol. The predicted octanol–water partition coefficient (Wildman–Crippen LogP) is 2.61. The van der Waals surface area contributed by atoms with Gasteiger partial charge in [0, 0.05) is 37.4 Å². The van der Waals surface area contributed by atoms with Gasteiger partial charge in [-0.15, -0.1) is 11.3 Å². The molecule has 0 unspecified atom stereocenters. The molecule has 0 saturated heterocycles. The highest BCUT2D eigenvalue weighted by Gasteiger charge is 2.25. The molecule has 0 bridgehead atoms. The van der Waals surface area contributed by atoms with Crippen LogP contribution in [0.3, 0.4) is 0 Å². The molecule has 0 radical (unpaired) electrons. The summed E-state index contributed by atoms with van der Waals surface area (Å²) in [6, 6.07) is 3.44. The van der Waals surface area contributed by atoms with Crippen LogP contribution in [0.2, 0.25) is 0 Å². The Balaban J connectivity index is 2.67. The van der Waals surface area contributed by atoms with E-state index >= 15 is 0 Å². The highest BCUT2D eigenvalue weighted by atomic mass is 32.2. The first kappa shape index (κ1) is 28.0. The van der Waals surface area contributed by atoms with E-state index in [9.17, 15) is 18.3 Å². The number of nitrogens with one attached hydrogen (secondary N) is 2. The van der Waals surface area contributed by atoms with Gasteiger partial charge in [0.15, 0.2) is 0 Å². The number of amides is 1. The van der Waals surface area contributed by atoms with E-state index in [4.69, 9.17) is 0 Å². The normalized spacial score (nSPS) is 14.2. The maximum atomic E-state index is 12.6. The zero-order valence-corrected chi connectivity index (χ0v) is 21.1. The molecule has 3 N–H and O–H groups in total. The number of rotatable bonds is 17. The van der Waals surface area contributed by atoms with Gasteiger partial charge < -0.3 is 15.7 Å². The summed E-state index contributed by atoms with van der Waals surface area (Å²) in [6.07, 6.45) is 2.14. The number of carbonyl (C=O) groups excluding carboxylic acids is 1. The maximum Gasteiger partial charge on any atom is 0.221 e. The van der Waals surface area contributed by atoms with Crippen LogP contribution in [0.4, 0.5) is 0 Å². The van der Waals surface area contributed by atoms with Crippen molar-refractivity contribution in [3.05, 3.63) is 22.4 Å². The van der Waals surface area contributed by atoms with Crippen LogP contribution in [0, 0.1) is 5.92 Å². The zero-order valence-electron chi connectivity index (χ0n) is 19.5. The molecule has 1 heterocycles. The Hall–Kier alpha value is -1.00. The second kappa shape index (κ2) is 14.9. The molecule has 0 spiro atoms. The average molecular weight is 476 g/mol. The van der Waals surface area contributed by atoms with E-state index in [1.54, 1.807) is 11.3 Å². The van der Waals surface area contributed by atoms with Crippen LogP contribution in [0.1, 0.15) is 58.3 Å². The Morgan fingerprint density at radius 1 is 1.23 bits per heavy atom. The highest BCUT2D eigenvalue weighted by molar-refractivity contribution is 7.89. The monoisotopic (exact) mass is 475 g/mol. The summed E-state index contributed by atoms with van der Waals surface area (Å²) in [6.45, 7) is 10.3. The lowest BCUT2D eigenvalue weighted by Gasteiger charge is -2.25. The number of aliphatic hydroxyl groups is 1. The number of aliphatic hydroxyl groups excluding tert-OH is 1. The second-order valence-electron chi connectivity index (χ2n) is 8.38. The van der Waals surface area contributed by atoms with Gasteiger partial charge in [0.25, 0.3) is 0 Å². The molecule has 1 amide bonds. The third kappa shape index (κ3) is 11.4. The van der Waals surface area contributed by atoms with Gasteiger partial charge in [-0.1, -0.05) is 33.8 Å². The number of carbonyl (C=O) groups is 1. The summed E-state index contributed by atoms with van der Waals surface area (Å²) in [7, 11) is -3.47. The molecule has 180 valence electrons. The molecule has 7 nitrogen and oxygen atoms in total. The van der Waals surface area contributed by atoms with Crippen LogP contribution in [0.5, 0.6) is 0 Å². The first-order valence-electron chi connectivity index (χ1n) is 11.4. The first-order valence-corrected chi connectivity index (χ1v) is 13.9. The SMILES string of the molecule is CCCN(CCC)S(=O)(=O)CCC(=O)N[C@@H](Cc1cccs1)[C@H](O)CNCCC(C)C. The fourth-order valence-electron chi connectivity index (χ4n) is 3.23. The van der Waals surface area contributed by atoms with Crippen molar-refractivity contribution in [2.75, 3.05) is 31.9 Å². The van der Waals surface area contributed by atoms with Crippen LogP contribution in [-0.4, -0.2) is 67.8 Å².